The van der Waals surface area contributed by atoms with E-state index in [0.29, 0.717) is 5.69 Å². The summed E-state index contributed by atoms with van der Waals surface area (Å²) in [6, 6.07) is 5.89. The molecule has 0 saturated carbocycles. The lowest BCUT2D eigenvalue weighted by atomic mass is 10.3. The third-order valence-corrected chi connectivity index (χ3v) is 3.54. The Kier molecular flexibility index (Phi) is 6.53. The Morgan fingerprint density at radius 3 is 2.40 bits per heavy atom. The molecular weight excluding hydrogens is 348 g/mol. The van der Waals surface area contributed by atoms with Crippen LogP contribution in [-0.2, 0) is 9.59 Å². The zero-order valence-corrected chi connectivity index (χ0v) is 13.0. The van der Waals surface area contributed by atoms with E-state index in [9.17, 15) is 14.4 Å². The molecule has 1 atom stereocenters. The third-order valence-electron chi connectivity index (χ3n) is 2.15. The van der Waals surface area contributed by atoms with Crippen molar-refractivity contribution in [3.63, 3.8) is 0 Å². The number of halogens is 1. The smallest absolute Gasteiger partial charge is 0.327 e. The predicted octanol–water partition coefficient (Wildman–Crippen LogP) is 2.30. The SMILES string of the molecule is CC(=O)NC(CSC(=O)Nc1ccc(Br)cc1)C(=O)O. The lowest BCUT2D eigenvalue weighted by molar-refractivity contribution is -0.140. The first-order chi connectivity index (χ1) is 9.38. The Morgan fingerprint density at radius 1 is 1.30 bits per heavy atom. The molecule has 6 nitrogen and oxygen atoms in total. The van der Waals surface area contributed by atoms with E-state index >= 15 is 0 Å². The van der Waals surface area contributed by atoms with Crippen LogP contribution >= 0.6 is 27.7 Å². The van der Waals surface area contributed by atoms with Gasteiger partial charge in [-0.2, -0.15) is 0 Å². The second-order valence-electron chi connectivity index (χ2n) is 3.82. The highest BCUT2D eigenvalue weighted by molar-refractivity contribution is 9.10. The van der Waals surface area contributed by atoms with Gasteiger partial charge in [0.1, 0.15) is 6.04 Å². The average Bonchev–Trinajstić information content (AvgIpc) is 2.36. The van der Waals surface area contributed by atoms with Crippen molar-refractivity contribution in [3.8, 4) is 0 Å². The lowest BCUT2D eigenvalue weighted by Crippen LogP contribution is -2.41. The van der Waals surface area contributed by atoms with E-state index in [0.717, 1.165) is 16.2 Å². The van der Waals surface area contributed by atoms with Crippen molar-refractivity contribution >= 4 is 50.5 Å². The van der Waals surface area contributed by atoms with Crippen molar-refractivity contribution in [1.29, 1.82) is 0 Å². The molecule has 0 fully saturated rings. The van der Waals surface area contributed by atoms with Crippen LogP contribution in [0.1, 0.15) is 6.92 Å². The van der Waals surface area contributed by atoms with Crippen molar-refractivity contribution in [1.82, 2.24) is 5.32 Å². The number of benzene rings is 1. The van der Waals surface area contributed by atoms with Crippen molar-refractivity contribution < 1.29 is 19.5 Å². The number of carbonyl (C=O) groups excluding carboxylic acids is 2. The van der Waals surface area contributed by atoms with Crippen LogP contribution in [0.5, 0.6) is 0 Å². The molecule has 1 aromatic rings. The standard InChI is InChI=1S/C12H13BrN2O4S/c1-7(16)14-10(11(17)18)6-20-12(19)15-9-4-2-8(13)3-5-9/h2-5,10H,6H2,1H3,(H,14,16)(H,15,19)(H,17,18). The molecule has 0 aromatic heterocycles. The normalized spacial score (nSPS) is 11.5. The van der Waals surface area contributed by atoms with Gasteiger partial charge in [0.25, 0.3) is 5.24 Å². The predicted molar refractivity (Wildman–Crippen MR) is 80.9 cm³/mol. The van der Waals surface area contributed by atoms with E-state index < -0.39 is 17.9 Å². The van der Waals surface area contributed by atoms with Gasteiger partial charge in [-0.3, -0.25) is 9.59 Å². The van der Waals surface area contributed by atoms with Gasteiger partial charge in [0, 0.05) is 22.8 Å². The summed E-state index contributed by atoms with van der Waals surface area (Å²) in [7, 11) is 0. The number of carboxylic acids is 1. The molecule has 0 spiro atoms. The molecule has 0 aliphatic carbocycles. The first-order valence-corrected chi connectivity index (χ1v) is 7.35. The number of amides is 2. The Morgan fingerprint density at radius 2 is 1.90 bits per heavy atom. The Labute approximate surface area is 128 Å². The number of carbonyl (C=O) groups is 3. The number of thioether (sulfide) groups is 1. The van der Waals surface area contributed by atoms with Crippen LogP contribution in [0.25, 0.3) is 0 Å². The first kappa shape index (κ1) is 16.5. The number of anilines is 1. The average molecular weight is 361 g/mol. The van der Waals surface area contributed by atoms with Gasteiger partial charge in [-0.15, -0.1) is 0 Å². The van der Waals surface area contributed by atoms with Gasteiger partial charge in [0.15, 0.2) is 0 Å². The summed E-state index contributed by atoms with van der Waals surface area (Å²) in [5.41, 5.74) is 0.608. The molecular formula is C12H13BrN2O4S. The second kappa shape index (κ2) is 7.91. The van der Waals surface area contributed by atoms with E-state index in [-0.39, 0.29) is 11.0 Å². The molecule has 0 saturated heterocycles. The molecule has 0 aliphatic rings. The molecule has 2 amide bonds. The number of carboxylic acid groups (broad SMARTS) is 1. The molecule has 0 bridgehead atoms. The fourth-order valence-electron chi connectivity index (χ4n) is 1.27. The van der Waals surface area contributed by atoms with Crippen molar-refractivity contribution in [2.24, 2.45) is 0 Å². The summed E-state index contributed by atoms with van der Waals surface area (Å²) < 4.78 is 0.889. The van der Waals surface area contributed by atoms with E-state index in [1.165, 1.54) is 6.92 Å². The van der Waals surface area contributed by atoms with E-state index in [1.54, 1.807) is 24.3 Å². The van der Waals surface area contributed by atoms with E-state index in [1.807, 2.05) is 0 Å². The fourth-order valence-corrected chi connectivity index (χ4v) is 2.26. The summed E-state index contributed by atoms with van der Waals surface area (Å²) in [5, 5.41) is 13.4. The van der Waals surface area contributed by atoms with Crippen molar-refractivity contribution in [2.45, 2.75) is 13.0 Å². The molecule has 0 heterocycles. The lowest BCUT2D eigenvalue weighted by Gasteiger charge is -2.12. The molecule has 1 aromatic carbocycles. The molecule has 108 valence electrons. The molecule has 0 radical (unpaired) electrons. The topological polar surface area (TPSA) is 95.5 Å². The highest BCUT2D eigenvalue weighted by Crippen LogP contribution is 2.16. The summed E-state index contributed by atoms with van der Waals surface area (Å²) in [5.74, 6) is -1.67. The maximum atomic E-state index is 11.6. The summed E-state index contributed by atoms with van der Waals surface area (Å²) in [6.07, 6.45) is 0. The minimum Gasteiger partial charge on any atom is -0.480 e. The summed E-state index contributed by atoms with van der Waals surface area (Å²) >= 11 is 4.07. The minimum atomic E-state index is -1.18. The van der Waals surface area contributed by atoms with Crippen LogP contribution in [0, 0.1) is 0 Å². The third kappa shape index (κ3) is 6.07. The van der Waals surface area contributed by atoms with Crippen molar-refractivity contribution in [3.05, 3.63) is 28.7 Å². The highest BCUT2D eigenvalue weighted by Gasteiger charge is 2.20. The molecule has 1 unspecified atom stereocenters. The number of rotatable bonds is 5. The van der Waals surface area contributed by atoms with Gasteiger partial charge in [-0.25, -0.2) is 4.79 Å². The minimum absolute atomic E-state index is 0.0444. The van der Waals surface area contributed by atoms with Gasteiger partial charge in [-0.05, 0) is 24.3 Å². The maximum absolute atomic E-state index is 11.6. The zero-order chi connectivity index (χ0) is 15.1. The van der Waals surface area contributed by atoms with Crippen LogP contribution in [-0.4, -0.2) is 34.0 Å². The Balaban J connectivity index is 2.47. The zero-order valence-electron chi connectivity index (χ0n) is 10.6. The van der Waals surface area contributed by atoms with Gasteiger partial charge >= 0.3 is 5.97 Å². The molecule has 0 aliphatic heterocycles. The van der Waals surface area contributed by atoms with E-state index in [4.69, 9.17) is 5.11 Å². The first-order valence-electron chi connectivity index (χ1n) is 5.57. The molecule has 20 heavy (non-hydrogen) atoms. The Hall–Kier alpha value is -1.54. The number of aliphatic carboxylic acids is 1. The number of hydrogen-bond acceptors (Lipinski definition) is 4. The quantitative estimate of drug-likeness (QED) is 0.748. The summed E-state index contributed by atoms with van der Waals surface area (Å²) in [4.78, 5) is 33.4. The highest BCUT2D eigenvalue weighted by atomic mass is 79.9. The monoisotopic (exact) mass is 360 g/mol. The van der Waals surface area contributed by atoms with Gasteiger partial charge in [-0.1, -0.05) is 27.7 Å². The molecule has 8 heteroatoms. The van der Waals surface area contributed by atoms with Crippen LogP contribution in [0.3, 0.4) is 0 Å². The molecule has 3 N–H and O–H groups in total. The number of nitrogens with one attached hydrogen (secondary N) is 2. The van der Waals surface area contributed by atoms with Crippen molar-refractivity contribution in [2.75, 3.05) is 11.1 Å². The van der Waals surface area contributed by atoms with Crippen LogP contribution in [0.2, 0.25) is 0 Å². The summed E-state index contributed by atoms with van der Waals surface area (Å²) in [6.45, 7) is 1.22. The van der Waals surface area contributed by atoms with Crippen LogP contribution in [0.4, 0.5) is 10.5 Å². The maximum Gasteiger partial charge on any atom is 0.327 e. The largest absolute Gasteiger partial charge is 0.480 e. The van der Waals surface area contributed by atoms with Gasteiger partial charge < -0.3 is 15.7 Å². The van der Waals surface area contributed by atoms with Crippen LogP contribution < -0.4 is 10.6 Å². The van der Waals surface area contributed by atoms with Gasteiger partial charge in [0.05, 0.1) is 0 Å². The fraction of sp³-hybridized carbons (Fsp3) is 0.250. The number of hydrogen-bond donors (Lipinski definition) is 3. The molecule has 1 rings (SSSR count). The second-order valence-corrected chi connectivity index (χ2v) is 5.73. The van der Waals surface area contributed by atoms with Crippen LogP contribution in [0.15, 0.2) is 28.7 Å². The van der Waals surface area contributed by atoms with Gasteiger partial charge in [0.2, 0.25) is 5.91 Å². The van der Waals surface area contributed by atoms with E-state index in [2.05, 4.69) is 26.6 Å². The Bertz CT molecular complexity index is 507.